The van der Waals surface area contributed by atoms with Gasteiger partial charge in [-0.1, -0.05) is 123 Å². The van der Waals surface area contributed by atoms with E-state index in [4.69, 9.17) is 4.66 Å². The molecule has 0 unspecified atom stereocenters. The van der Waals surface area contributed by atoms with Crippen LogP contribution in [-0.2, 0) is 0 Å². The lowest BCUT2D eigenvalue weighted by molar-refractivity contribution is 1.31. The van der Waals surface area contributed by atoms with E-state index in [9.17, 15) is 0 Å². The zero-order valence-electron chi connectivity index (χ0n) is 30.7. The minimum Gasteiger partial charge on any atom is -0.317 e. The fraction of sp³-hybridized carbons (Fsp3) is 0.295. The molecule has 0 aromatic heterocycles. The fourth-order valence-electron chi connectivity index (χ4n) is 10.0. The van der Waals surface area contributed by atoms with E-state index in [1.807, 2.05) is 0 Å². The van der Waals surface area contributed by atoms with Gasteiger partial charge in [-0.05, 0) is 137 Å². The third-order valence-electron chi connectivity index (χ3n) is 10.7. The molecule has 0 bridgehead atoms. The molecule has 240 valence electrons. The summed E-state index contributed by atoms with van der Waals surface area (Å²) in [5.74, 6) is 0. The summed E-state index contributed by atoms with van der Waals surface area (Å²) in [4.78, 5) is 0. The van der Waals surface area contributed by atoms with Crippen LogP contribution in [-0.4, -0.2) is 21.6 Å². The average Bonchev–Trinajstić information content (AvgIpc) is 3.27. The highest BCUT2D eigenvalue weighted by Gasteiger charge is 2.61. The Labute approximate surface area is 286 Å². The minimum absolute atomic E-state index is 1.09. The van der Waals surface area contributed by atoms with Crippen LogP contribution in [0, 0.1) is 83.1 Å². The van der Waals surface area contributed by atoms with Crippen molar-refractivity contribution >= 4 is 42.4 Å². The van der Waals surface area contributed by atoms with E-state index in [1.54, 1.807) is 10.4 Å². The topological polar surface area (TPSA) is 12.4 Å². The summed E-state index contributed by atoms with van der Waals surface area (Å²) in [6.45, 7) is 27.9. The van der Waals surface area contributed by atoms with Crippen molar-refractivity contribution in [3.63, 3.8) is 0 Å². The third-order valence-corrected chi connectivity index (χ3v) is 23.4. The second-order valence-electron chi connectivity index (χ2n) is 14.9. The predicted octanol–water partition coefficient (Wildman–Crippen LogP) is 8.29. The van der Waals surface area contributed by atoms with Crippen molar-refractivity contribution in [2.75, 3.05) is 0 Å². The molecule has 0 fully saturated rings. The molecule has 1 heterocycles. The quantitative estimate of drug-likeness (QED) is 0.170. The largest absolute Gasteiger partial charge is 0.317 e. The van der Waals surface area contributed by atoms with E-state index in [2.05, 4.69) is 162 Å². The molecule has 1 aliphatic rings. The standard InChI is InChI=1S/C44H51NSi2/c1-27-18-31(5)40(32(6)19-27)46(41-33(7)20-28(2)21-34(41)8)26-47(42-35(9)22-29(3)23-36(42)10,43-37(11)24-30(4)25-38(43)12)45-44(46)39-16-14-13-15-17-39/h13-25H,26H2,1-12H3. The highest BCUT2D eigenvalue weighted by molar-refractivity contribution is 7.35. The first kappa shape index (κ1) is 33.1. The molecule has 0 spiro atoms. The van der Waals surface area contributed by atoms with Crippen molar-refractivity contribution in [1.82, 2.24) is 0 Å². The van der Waals surface area contributed by atoms with E-state index in [-0.39, 0.29) is 0 Å². The molecule has 0 saturated carbocycles. The molecule has 47 heavy (non-hydrogen) atoms. The van der Waals surface area contributed by atoms with Crippen LogP contribution in [0.1, 0.15) is 72.3 Å². The molecule has 6 rings (SSSR count). The van der Waals surface area contributed by atoms with Gasteiger partial charge in [-0.3, -0.25) is 0 Å². The Hall–Kier alpha value is -3.80. The SMILES string of the molecule is Cc1cc(C)c([Si]2(c3c(C)cc(C)cc3C)C[Si](c3c(C)cc(C)cc3C)(c3c(C)cc(C)cc3C)C(c3ccccc3)=N2)c(C)c1. The van der Waals surface area contributed by atoms with Gasteiger partial charge in [-0.25, -0.2) is 0 Å². The Bertz CT molecular complexity index is 1880. The van der Waals surface area contributed by atoms with Crippen LogP contribution in [0.5, 0.6) is 0 Å². The Balaban J connectivity index is 1.91. The van der Waals surface area contributed by atoms with Gasteiger partial charge in [0.2, 0.25) is 8.24 Å². The zero-order chi connectivity index (χ0) is 34.0. The van der Waals surface area contributed by atoms with Gasteiger partial charge in [0.25, 0.3) is 0 Å². The molecule has 0 amide bonds. The number of hydrogen-bond acceptors (Lipinski definition) is 1. The van der Waals surface area contributed by atoms with Crippen LogP contribution >= 0.6 is 0 Å². The third kappa shape index (κ3) is 5.32. The van der Waals surface area contributed by atoms with E-state index < -0.39 is 16.3 Å². The Morgan fingerprint density at radius 3 is 1.02 bits per heavy atom. The lowest BCUT2D eigenvalue weighted by Crippen LogP contribution is -2.70. The van der Waals surface area contributed by atoms with Crippen LogP contribution in [0.25, 0.3) is 0 Å². The van der Waals surface area contributed by atoms with Gasteiger partial charge in [-0.15, -0.1) is 0 Å². The van der Waals surface area contributed by atoms with E-state index in [0.717, 1.165) is 5.67 Å². The Kier molecular flexibility index (Phi) is 8.47. The van der Waals surface area contributed by atoms with Gasteiger partial charge in [-0.2, -0.15) is 0 Å². The van der Waals surface area contributed by atoms with Crippen molar-refractivity contribution in [2.45, 2.75) is 88.8 Å². The lowest BCUT2D eigenvalue weighted by Gasteiger charge is -2.39. The van der Waals surface area contributed by atoms with Crippen molar-refractivity contribution in [3.8, 4) is 0 Å². The molecule has 5 aromatic rings. The van der Waals surface area contributed by atoms with Gasteiger partial charge in [0, 0.05) is 5.33 Å². The number of benzene rings is 5. The van der Waals surface area contributed by atoms with E-state index in [0.29, 0.717) is 0 Å². The van der Waals surface area contributed by atoms with Gasteiger partial charge in [0.1, 0.15) is 0 Å². The highest BCUT2D eigenvalue weighted by atomic mass is 28.4. The van der Waals surface area contributed by atoms with Crippen molar-refractivity contribution < 1.29 is 0 Å². The van der Waals surface area contributed by atoms with Gasteiger partial charge >= 0.3 is 0 Å². The zero-order valence-corrected chi connectivity index (χ0v) is 32.7. The molecule has 0 N–H and O–H groups in total. The highest BCUT2D eigenvalue weighted by Crippen LogP contribution is 2.38. The Morgan fingerprint density at radius 2 is 0.702 bits per heavy atom. The summed E-state index contributed by atoms with van der Waals surface area (Å²) in [5.41, 5.74) is 18.9. The van der Waals surface area contributed by atoms with Crippen molar-refractivity contribution in [2.24, 2.45) is 4.66 Å². The second-order valence-corrected chi connectivity index (χ2v) is 22.5. The maximum absolute atomic E-state index is 6.47. The monoisotopic (exact) mass is 649 g/mol. The first-order chi connectivity index (χ1) is 22.2. The minimum atomic E-state index is -2.82. The number of aryl methyl sites for hydroxylation is 12. The smallest absolute Gasteiger partial charge is 0.241 e. The lowest BCUT2D eigenvalue weighted by atomic mass is 10.1. The summed E-state index contributed by atoms with van der Waals surface area (Å²) < 4.78 is 6.47. The Morgan fingerprint density at radius 1 is 0.404 bits per heavy atom. The summed E-state index contributed by atoms with van der Waals surface area (Å²) >= 11 is 0. The molecule has 0 radical (unpaired) electrons. The first-order valence-corrected chi connectivity index (χ1v) is 21.5. The van der Waals surface area contributed by atoms with E-state index in [1.165, 1.54) is 88.0 Å². The summed E-state index contributed by atoms with van der Waals surface area (Å²) in [5, 5.41) is 7.55. The molecule has 0 aliphatic carbocycles. The molecule has 3 heteroatoms. The number of hydrogen-bond donors (Lipinski definition) is 0. The van der Waals surface area contributed by atoms with Crippen LogP contribution < -0.4 is 20.7 Å². The summed E-state index contributed by atoms with van der Waals surface area (Å²) in [6.07, 6.45) is 0. The van der Waals surface area contributed by atoms with Crippen LogP contribution in [0.3, 0.4) is 0 Å². The normalized spacial score (nSPS) is 15.2. The molecular weight excluding hydrogens is 599 g/mol. The fourth-order valence-corrected chi connectivity index (χ4v) is 26.5. The van der Waals surface area contributed by atoms with Crippen LogP contribution in [0.2, 0.25) is 5.67 Å². The molecule has 5 aromatic carbocycles. The van der Waals surface area contributed by atoms with Gasteiger partial charge in [0.05, 0.1) is 0 Å². The molecule has 0 atom stereocenters. The van der Waals surface area contributed by atoms with Gasteiger partial charge < -0.3 is 4.66 Å². The van der Waals surface area contributed by atoms with Crippen molar-refractivity contribution in [1.29, 1.82) is 0 Å². The number of rotatable bonds is 5. The molecule has 1 aliphatic heterocycles. The van der Waals surface area contributed by atoms with Gasteiger partial charge in [0.15, 0.2) is 8.07 Å². The maximum atomic E-state index is 6.47. The van der Waals surface area contributed by atoms with E-state index >= 15 is 0 Å². The second kappa shape index (κ2) is 12.0. The summed E-state index contributed by atoms with van der Waals surface area (Å²) in [7, 11) is -5.61. The number of nitrogens with zero attached hydrogens (tertiary/aromatic N) is 1. The summed E-state index contributed by atoms with van der Waals surface area (Å²) in [6, 6.07) is 30.7. The van der Waals surface area contributed by atoms with Crippen LogP contribution in [0.4, 0.5) is 0 Å². The maximum Gasteiger partial charge on any atom is 0.241 e. The average molecular weight is 650 g/mol. The van der Waals surface area contributed by atoms with Crippen molar-refractivity contribution in [3.05, 3.63) is 151 Å². The first-order valence-electron chi connectivity index (χ1n) is 17.2. The molecular formula is C44H51NSi2. The van der Waals surface area contributed by atoms with Crippen LogP contribution in [0.15, 0.2) is 83.5 Å². The molecule has 1 nitrogen and oxygen atoms in total. The molecule has 0 saturated heterocycles. The predicted molar refractivity (Wildman–Crippen MR) is 210 cm³/mol.